The first-order chi connectivity index (χ1) is 27.3. The van der Waals surface area contributed by atoms with Gasteiger partial charge in [0.05, 0.1) is 43.9 Å². The van der Waals surface area contributed by atoms with E-state index in [0.717, 1.165) is 11.8 Å². The maximum atomic E-state index is 14.4. The summed E-state index contributed by atoms with van der Waals surface area (Å²) in [5, 5.41) is 11.9. The fourth-order valence-electron chi connectivity index (χ4n) is 6.35. The second-order valence-electron chi connectivity index (χ2n) is 12.7. The van der Waals surface area contributed by atoms with E-state index in [9.17, 15) is 70.4 Å². The quantitative estimate of drug-likeness (QED) is 0.0672. The molecule has 1 heterocycles. The molecule has 2 aliphatic rings. The fourth-order valence-corrected chi connectivity index (χ4v) is 12.5. The van der Waals surface area contributed by atoms with Gasteiger partial charge in [-0.15, -0.1) is 0 Å². The number of aliphatic hydroxyl groups excluding tert-OH is 1. The summed E-state index contributed by atoms with van der Waals surface area (Å²) in [6, 6.07) is 14.1. The summed E-state index contributed by atoms with van der Waals surface area (Å²) in [4.78, 5) is 26.7. The van der Waals surface area contributed by atoms with Gasteiger partial charge in [0.2, 0.25) is 0 Å². The lowest BCUT2D eigenvalue weighted by Gasteiger charge is -2.18. The van der Waals surface area contributed by atoms with Crippen LogP contribution in [0.3, 0.4) is 0 Å². The van der Waals surface area contributed by atoms with Crippen molar-refractivity contribution in [2.45, 2.75) is 26.0 Å². The van der Waals surface area contributed by atoms with Gasteiger partial charge in [0.15, 0.2) is 15.3 Å². The van der Waals surface area contributed by atoms with E-state index in [-0.39, 0.29) is 45.5 Å². The lowest BCUT2D eigenvalue weighted by Crippen LogP contribution is -2.33. The molecule has 0 bridgehead atoms. The molecule has 4 aromatic rings. The number of thioether (sulfide) groups is 1. The Morgan fingerprint density at radius 3 is 1.80 bits per heavy atom. The van der Waals surface area contributed by atoms with E-state index in [1.807, 2.05) is 0 Å². The predicted molar refractivity (Wildman–Crippen MR) is 215 cm³/mol. The molecule has 19 nitrogen and oxygen atoms in total. The average molecular weight is 929 g/mol. The summed E-state index contributed by atoms with van der Waals surface area (Å²) in [7, 11) is -25.8. The second kappa shape index (κ2) is 15.6. The number of anilines is 2. The van der Waals surface area contributed by atoms with E-state index < -0.39 is 131 Å². The van der Waals surface area contributed by atoms with Crippen molar-refractivity contribution in [2.75, 3.05) is 28.3 Å². The molecule has 0 saturated heterocycles. The smallest absolute Gasteiger partial charge is 0.296 e. The van der Waals surface area contributed by atoms with Crippen molar-refractivity contribution < 1.29 is 65.4 Å². The third kappa shape index (κ3) is 8.89. The van der Waals surface area contributed by atoms with Crippen LogP contribution in [0.5, 0.6) is 0 Å². The first kappa shape index (κ1) is 43.7. The molecule has 1 aliphatic carbocycles. The minimum Gasteiger partial charge on any atom is -0.506 e. The Morgan fingerprint density at radius 2 is 1.20 bits per heavy atom. The standard InChI is InChI=1S/C34H28N2O17S6/c37-32(18-7-2-1-3-8-18)30-27-19-9-4-5-10-20(19)33(38)28-22(16-26(59(51,52)53)31(29(27)28)36-34(30)39)35-21-15-24(25(58(48,49)50)17-23(21)57(45,46)47)55(40,41)14-12-54-11-6-13-56(42,43)44/h1-5,7-10,15-17,35,37H,6,11-14H2,(H,42,43,44)(H,45,46,47)(H,48,49,50)(H,51,52,53). The van der Waals surface area contributed by atoms with E-state index >= 15 is 0 Å². The minimum absolute atomic E-state index is 0.00853. The molecule has 312 valence electrons. The number of aliphatic hydroxyl groups is 1. The zero-order chi connectivity index (χ0) is 43.5. The summed E-state index contributed by atoms with van der Waals surface area (Å²) >= 11 is 0.874. The normalized spacial score (nSPS) is 13.6. The van der Waals surface area contributed by atoms with Gasteiger partial charge < -0.3 is 10.4 Å². The molecule has 0 radical (unpaired) electrons. The van der Waals surface area contributed by atoms with Gasteiger partial charge in [-0.25, -0.2) is 13.4 Å². The van der Waals surface area contributed by atoms with Crippen LogP contribution in [0.4, 0.5) is 11.4 Å². The molecule has 6 N–H and O–H groups in total. The molecular weight excluding hydrogens is 901 g/mol. The van der Waals surface area contributed by atoms with Crippen molar-refractivity contribution in [3.05, 3.63) is 115 Å². The molecule has 1 aliphatic heterocycles. The third-order valence-corrected chi connectivity index (χ3v) is 15.5. The van der Waals surface area contributed by atoms with Crippen molar-refractivity contribution in [1.29, 1.82) is 0 Å². The highest BCUT2D eigenvalue weighted by atomic mass is 32.2. The Kier molecular flexibility index (Phi) is 11.6. The Bertz CT molecular complexity index is 3540. The zero-order valence-electron chi connectivity index (χ0n) is 29.5. The van der Waals surface area contributed by atoms with Gasteiger partial charge in [-0.05, 0) is 35.8 Å². The number of hydrogen-bond donors (Lipinski definition) is 6. The van der Waals surface area contributed by atoms with Gasteiger partial charge >= 0.3 is 0 Å². The van der Waals surface area contributed by atoms with Crippen LogP contribution in [-0.2, 0) is 50.3 Å². The predicted octanol–water partition coefficient (Wildman–Crippen LogP) is 1.97. The minimum atomic E-state index is -5.61. The Hall–Kier alpha value is -4.83. The van der Waals surface area contributed by atoms with E-state index in [0.29, 0.717) is 12.1 Å². The molecule has 0 spiro atoms. The lowest BCUT2D eigenvalue weighted by atomic mass is 9.96. The molecule has 4 aromatic carbocycles. The number of hydrogen-bond acceptors (Lipinski definition) is 16. The average Bonchev–Trinajstić information content (AvgIpc) is 3.13. The van der Waals surface area contributed by atoms with Crippen LogP contribution in [0, 0.1) is 10.4 Å². The van der Waals surface area contributed by atoms with Crippen molar-refractivity contribution in [1.82, 2.24) is 4.98 Å². The van der Waals surface area contributed by atoms with E-state index in [4.69, 9.17) is 4.55 Å². The van der Waals surface area contributed by atoms with Gasteiger partial charge in [-0.1, -0.05) is 54.6 Å². The highest BCUT2D eigenvalue weighted by molar-refractivity contribution is 8.00. The molecular formula is C34H28N2O17S6. The molecule has 25 heteroatoms. The van der Waals surface area contributed by atoms with Gasteiger partial charge in [0.1, 0.15) is 20.4 Å². The van der Waals surface area contributed by atoms with Gasteiger partial charge in [0, 0.05) is 27.1 Å². The van der Waals surface area contributed by atoms with E-state index in [1.165, 1.54) is 48.5 Å². The van der Waals surface area contributed by atoms with Crippen LogP contribution in [0.1, 0.15) is 12.0 Å². The molecule has 0 amide bonds. The maximum absolute atomic E-state index is 14.4. The van der Waals surface area contributed by atoms with Crippen LogP contribution < -0.4 is 21.5 Å². The largest absolute Gasteiger partial charge is 0.506 e. The molecule has 0 atom stereocenters. The molecule has 6 rings (SSSR count). The number of rotatable bonds is 14. The number of benzene rings is 4. The SMILES string of the molecule is O=c1nc2c(S(=O)(=O)O)cc(Nc3cc(S(=O)(=O)CCSCCCS(=O)(=O)O)c(S(=O)(=O)O)cc3S(=O)(=O)O)c3c2=c(c1=C(O)c1ccccc1)c1ccccc1c3=O. The van der Waals surface area contributed by atoms with Crippen molar-refractivity contribution >= 4 is 101 Å². The maximum Gasteiger partial charge on any atom is 0.296 e. The summed E-state index contributed by atoms with van der Waals surface area (Å²) in [5.74, 6) is -2.52. The fraction of sp³-hybridized carbons (Fsp3) is 0.147. The summed E-state index contributed by atoms with van der Waals surface area (Å²) in [6.07, 6.45) is -0.0987. The number of sulfone groups is 1. The topological polar surface area (TPSA) is 331 Å². The van der Waals surface area contributed by atoms with Crippen molar-refractivity contribution in [3.8, 4) is 0 Å². The Morgan fingerprint density at radius 1 is 0.627 bits per heavy atom. The number of aromatic nitrogens is 1. The lowest BCUT2D eigenvalue weighted by molar-refractivity contribution is 0.476. The van der Waals surface area contributed by atoms with Gasteiger partial charge in [-0.3, -0.25) is 27.8 Å². The molecule has 0 aromatic heterocycles. The van der Waals surface area contributed by atoms with Crippen molar-refractivity contribution in [2.24, 2.45) is 0 Å². The van der Waals surface area contributed by atoms with Gasteiger partial charge in [0.25, 0.3) is 46.0 Å². The first-order valence-corrected chi connectivity index (χ1v) is 25.2. The molecule has 0 fully saturated rings. The second-order valence-corrected chi connectivity index (χ2v) is 21.7. The zero-order valence-corrected chi connectivity index (χ0v) is 34.4. The number of nitrogens with zero attached hydrogens (tertiary/aromatic N) is 1. The molecule has 0 saturated carbocycles. The van der Waals surface area contributed by atoms with Crippen LogP contribution in [0.15, 0.2) is 102 Å². The summed E-state index contributed by atoms with van der Waals surface area (Å²) < 4.78 is 165. The van der Waals surface area contributed by atoms with E-state index in [2.05, 4.69) is 10.3 Å². The monoisotopic (exact) mass is 928 g/mol. The Balaban J connectivity index is 1.71. The highest BCUT2D eigenvalue weighted by Crippen LogP contribution is 2.37. The first-order valence-electron chi connectivity index (χ1n) is 16.4. The van der Waals surface area contributed by atoms with Crippen LogP contribution in [0.25, 0.3) is 27.4 Å². The van der Waals surface area contributed by atoms with Crippen LogP contribution in [-0.4, -0.2) is 93.4 Å². The van der Waals surface area contributed by atoms with Crippen LogP contribution >= 0.6 is 11.8 Å². The van der Waals surface area contributed by atoms with Crippen molar-refractivity contribution in [3.63, 3.8) is 0 Å². The third-order valence-electron chi connectivity index (χ3n) is 8.82. The van der Waals surface area contributed by atoms with E-state index in [1.54, 1.807) is 6.07 Å². The highest BCUT2D eigenvalue weighted by Gasteiger charge is 2.32. The number of nitrogens with one attached hydrogen (secondary N) is 1. The van der Waals surface area contributed by atoms with Crippen LogP contribution in [0.2, 0.25) is 0 Å². The molecule has 59 heavy (non-hydrogen) atoms. The summed E-state index contributed by atoms with van der Waals surface area (Å²) in [6.45, 7) is 0. The summed E-state index contributed by atoms with van der Waals surface area (Å²) in [5.41, 5.74) is -4.54. The Labute approximate surface area is 338 Å². The van der Waals surface area contributed by atoms with Gasteiger partial charge in [-0.2, -0.15) is 45.4 Å². The number of fused-ring (bicyclic) bond motifs is 2. The molecule has 0 unspecified atom stereocenters.